The highest BCUT2D eigenvalue weighted by Gasteiger charge is 2.22. The van der Waals surface area contributed by atoms with E-state index >= 15 is 0 Å². The van der Waals surface area contributed by atoms with Gasteiger partial charge in [-0.05, 0) is 57.7 Å². The Morgan fingerprint density at radius 2 is 1.83 bits per heavy atom. The molecule has 2 heterocycles. The van der Waals surface area contributed by atoms with E-state index in [1.54, 1.807) is 0 Å². The molecule has 0 radical (unpaired) electrons. The van der Waals surface area contributed by atoms with Crippen molar-refractivity contribution in [2.75, 3.05) is 5.32 Å². The number of anilines is 1. The number of rotatable bonds is 6. The van der Waals surface area contributed by atoms with Gasteiger partial charge in [0.15, 0.2) is 0 Å². The lowest BCUT2D eigenvalue weighted by Crippen LogP contribution is -2.18. The molecule has 4 rings (SSSR count). The molecule has 1 saturated carbocycles. The summed E-state index contributed by atoms with van der Waals surface area (Å²) in [7, 11) is 0. The lowest BCUT2D eigenvalue weighted by molar-refractivity contribution is -0.116. The maximum Gasteiger partial charge on any atom is 0.225 e. The number of amides is 1. The van der Waals surface area contributed by atoms with E-state index in [2.05, 4.69) is 22.4 Å². The van der Waals surface area contributed by atoms with Gasteiger partial charge in [0, 0.05) is 18.2 Å². The van der Waals surface area contributed by atoms with Crippen molar-refractivity contribution in [1.29, 1.82) is 0 Å². The van der Waals surface area contributed by atoms with E-state index in [0.29, 0.717) is 18.9 Å². The van der Waals surface area contributed by atoms with Crippen LogP contribution in [0.25, 0.3) is 5.69 Å². The van der Waals surface area contributed by atoms with Crippen LogP contribution in [0.4, 0.5) is 5.82 Å². The highest BCUT2D eigenvalue weighted by Crippen LogP contribution is 2.32. The molecule has 0 saturated heterocycles. The van der Waals surface area contributed by atoms with E-state index in [-0.39, 0.29) is 5.91 Å². The highest BCUT2D eigenvalue weighted by atomic mass is 16.1. The summed E-state index contributed by atoms with van der Waals surface area (Å²) in [5, 5.41) is 12.4. The van der Waals surface area contributed by atoms with Crippen LogP contribution in [0, 0.1) is 20.8 Å². The SMILES string of the molecule is Cc1cc(NC(=O)CCc2c(C)nn(-c3ccccc3)c2C)n(C2CCCC2)n1. The van der Waals surface area contributed by atoms with Crippen molar-refractivity contribution in [2.24, 2.45) is 0 Å². The number of aromatic nitrogens is 4. The van der Waals surface area contributed by atoms with Gasteiger partial charge in [0.1, 0.15) is 5.82 Å². The third kappa shape index (κ3) is 4.11. The quantitative estimate of drug-likeness (QED) is 0.663. The Labute approximate surface area is 171 Å². The number of nitrogens with zero attached hydrogens (tertiary/aromatic N) is 4. The van der Waals surface area contributed by atoms with Crippen LogP contribution in [-0.2, 0) is 11.2 Å². The molecule has 1 N–H and O–H groups in total. The van der Waals surface area contributed by atoms with Crippen LogP contribution in [0.3, 0.4) is 0 Å². The van der Waals surface area contributed by atoms with Crippen LogP contribution in [0.15, 0.2) is 36.4 Å². The number of nitrogens with one attached hydrogen (secondary N) is 1. The zero-order valence-corrected chi connectivity index (χ0v) is 17.5. The molecule has 1 fully saturated rings. The molecule has 3 aromatic rings. The number of benzene rings is 1. The fourth-order valence-corrected chi connectivity index (χ4v) is 4.34. The predicted octanol–water partition coefficient (Wildman–Crippen LogP) is 4.68. The fraction of sp³-hybridized carbons (Fsp3) is 0.435. The zero-order valence-electron chi connectivity index (χ0n) is 17.5. The molecular weight excluding hydrogens is 362 g/mol. The predicted molar refractivity (Wildman–Crippen MR) is 114 cm³/mol. The van der Waals surface area contributed by atoms with Crippen LogP contribution >= 0.6 is 0 Å². The summed E-state index contributed by atoms with van der Waals surface area (Å²) in [6.45, 7) is 6.06. The topological polar surface area (TPSA) is 64.7 Å². The van der Waals surface area contributed by atoms with E-state index in [0.717, 1.165) is 47.0 Å². The van der Waals surface area contributed by atoms with Crippen LogP contribution in [-0.4, -0.2) is 25.5 Å². The van der Waals surface area contributed by atoms with Gasteiger partial charge in [-0.1, -0.05) is 31.0 Å². The van der Waals surface area contributed by atoms with E-state index in [1.165, 1.54) is 12.8 Å². The summed E-state index contributed by atoms with van der Waals surface area (Å²) in [5.74, 6) is 0.850. The molecule has 2 aromatic heterocycles. The largest absolute Gasteiger partial charge is 0.311 e. The summed E-state index contributed by atoms with van der Waals surface area (Å²) in [4.78, 5) is 12.7. The van der Waals surface area contributed by atoms with E-state index in [4.69, 9.17) is 0 Å². The van der Waals surface area contributed by atoms with Gasteiger partial charge in [0.05, 0.1) is 23.1 Å². The van der Waals surface area contributed by atoms with Gasteiger partial charge in [-0.2, -0.15) is 10.2 Å². The molecule has 0 spiro atoms. The Morgan fingerprint density at radius 3 is 2.55 bits per heavy atom. The van der Waals surface area contributed by atoms with Gasteiger partial charge in [-0.15, -0.1) is 0 Å². The average Bonchev–Trinajstić information content (AvgIpc) is 3.41. The lowest BCUT2D eigenvalue weighted by atomic mass is 10.1. The van der Waals surface area contributed by atoms with Crippen LogP contribution in [0.1, 0.15) is 60.8 Å². The van der Waals surface area contributed by atoms with Crippen molar-refractivity contribution in [3.05, 3.63) is 59.0 Å². The first-order valence-electron chi connectivity index (χ1n) is 10.5. The minimum absolute atomic E-state index is 0.0235. The molecule has 29 heavy (non-hydrogen) atoms. The molecule has 6 heteroatoms. The summed E-state index contributed by atoms with van der Waals surface area (Å²) in [5.41, 5.74) is 5.20. The van der Waals surface area contributed by atoms with Crippen molar-refractivity contribution >= 4 is 11.7 Å². The summed E-state index contributed by atoms with van der Waals surface area (Å²) >= 11 is 0. The second-order valence-corrected chi connectivity index (χ2v) is 8.00. The molecule has 152 valence electrons. The maximum absolute atomic E-state index is 12.7. The van der Waals surface area contributed by atoms with Crippen molar-refractivity contribution in [3.8, 4) is 5.69 Å². The summed E-state index contributed by atoms with van der Waals surface area (Å²) in [6.07, 6.45) is 5.86. The Bertz CT molecular complexity index is 996. The van der Waals surface area contributed by atoms with E-state index < -0.39 is 0 Å². The van der Waals surface area contributed by atoms with Gasteiger partial charge >= 0.3 is 0 Å². The number of para-hydroxylation sites is 1. The van der Waals surface area contributed by atoms with Gasteiger partial charge < -0.3 is 5.32 Å². The van der Waals surface area contributed by atoms with Crippen LogP contribution < -0.4 is 5.32 Å². The first kappa shape index (κ1) is 19.4. The Kier molecular flexibility index (Phi) is 5.51. The van der Waals surface area contributed by atoms with Crippen molar-refractivity contribution in [3.63, 3.8) is 0 Å². The third-order valence-electron chi connectivity index (χ3n) is 5.84. The first-order valence-corrected chi connectivity index (χ1v) is 10.5. The Morgan fingerprint density at radius 1 is 1.10 bits per heavy atom. The molecule has 0 aliphatic heterocycles. The Balaban J connectivity index is 1.44. The van der Waals surface area contributed by atoms with E-state index in [9.17, 15) is 4.79 Å². The molecule has 1 amide bonds. The normalized spacial score (nSPS) is 14.4. The minimum Gasteiger partial charge on any atom is -0.311 e. The first-order chi connectivity index (χ1) is 14.0. The van der Waals surface area contributed by atoms with Crippen LogP contribution in [0.5, 0.6) is 0 Å². The monoisotopic (exact) mass is 391 g/mol. The van der Waals surface area contributed by atoms with Gasteiger partial charge in [0.25, 0.3) is 0 Å². The lowest BCUT2D eigenvalue weighted by Gasteiger charge is -2.14. The van der Waals surface area contributed by atoms with Crippen LogP contribution in [0.2, 0.25) is 0 Å². The third-order valence-corrected chi connectivity index (χ3v) is 5.84. The number of aryl methyl sites for hydroxylation is 2. The Hall–Kier alpha value is -2.89. The van der Waals surface area contributed by atoms with Gasteiger partial charge in [-0.25, -0.2) is 9.36 Å². The fourth-order valence-electron chi connectivity index (χ4n) is 4.34. The zero-order chi connectivity index (χ0) is 20.4. The molecule has 1 aliphatic rings. The summed E-state index contributed by atoms with van der Waals surface area (Å²) in [6, 6.07) is 12.5. The minimum atomic E-state index is 0.0235. The second-order valence-electron chi connectivity index (χ2n) is 8.00. The molecule has 0 bridgehead atoms. The number of carbonyl (C=O) groups excluding carboxylic acids is 1. The van der Waals surface area contributed by atoms with Crippen molar-refractivity contribution in [2.45, 2.75) is 65.3 Å². The number of hydrogen-bond donors (Lipinski definition) is 1. The maximum atomic E-state index is 12.7. The highest BCUT2D eigenvalue weighted by molar-refractivity contribution is 5.90. The number of carbonyl (C=O) groups is 1. The average molecular weight is 392 g/mol. The number of hydrogen-bond acceptors (Lipinski definition) is 3. The van der Waals surface area contributed by atoms with E-state index in [1.807, 2.05) is 59.6 Å². The van der Waals surface area contributed by atoms with Crippen molar-refractivity contribution in [1.82, 2.24) is 19.6 Å². The second kappa shape index (κ2) is 8.23. The van der Waals surface area contributed by atoms with Gasteiger partial charge in [-0.3, -0.25) is 4.79 Å². The molecule has 1 aliphatic carbocycles. The molecule has 0 unspecified atom stereocenters. The molecular formula is C23H29N5O. The summed E-state index contributed by atoms with van der Waals surface area (Å²) < 4.78 is 3.98. The molecule has 1 aromatic carbocycles. The molecule has 6 nitrogen and oxygen atoms in total. The van der Waals surface area contributed by atoms with Crippen molar-refractivity contribution < 1.29 is 4.79 Å². The standard InChI is InChI=1S/C23H29N5O/c1-16-15-22(28(25-16)20-11-7-8-12-20)24-23(29)14-13-21-17(2)26-27(18(21)3)19-9-5-4-6-10-19/h4-6,9-10,15,20H,7-8,11-14H2,1-3H3,(H,24,29). The molecule has 0 atom stereocenters. The smallest absolute Gasteiger partial charge is 0.225 e. The van der Waals surface area contributed by atoms with Gasteiger partial charge in [0.2, 0.25) is 5.91 Å².